The van der Waals surface area contributed by atoms with Gasteiger partial charge in [-0.15, -0.1) is 10.2 Å². The molecule has 26 heavy (non-hydrogen) atoms. The fourth-order valence-electron chi connectivity index (χ4n) is 2.63. The number of amides is 1. The summed E-state index contributed by atoms with van der Waals surface area (Å²) in [4.78, 5) is 12.2. The summed E-state index contributed by atoms with van der Waals surface area (Å²) in [5.74, 6) is 1.41. The predicted octanol–water partition coefficient (Wildman–Crippen LogP) is 2.20. The summed E-state index contributed by atoms with van der Waals surface area (Å²) < 4.78 is 9.07. The molecule has 0 atom stereocenters. The summed E-state index contributed by atoms with van der Waals surface area (Å²) >= 11 is 1.50. The first-order chi connectivity index (χ1) is 12.6. The maximum Gasteiger partial charge on any atom is 0.224 e. The number of carbonyl (C=O) groups is 1. The summed E-state index contributed by atoms with van der Waals surface area (Å²) in [5.41, 5.74) is 1.90. The molecule has 0 radical (unpaired) electrons. The lowest BCUT2D eigenvalue weighted by atomic mass is 10.2. The molecule has 0 bridgehead atoms. The average Bonchev–Trinajstić information content (AvgIpc) is 3.25. The topological polar surface area (TPSA) is 74.0 Å². The third kappa shape index (κ3) is 4.08. The molecule has 3 aromatic rings. The lowest BCUT2D eigenvalue weighted by Gasteiger charge is -2.11. The van der Waals surface area contributed by atoms with E-state index in [9.17, 15) is 4.79 Å². The third-order valence-corrected chi connectivity index (χ3v) is 4.54. The second kappa shape index (κ2) is 8.09. The second-order valence-corrected chi connectivity index (χ2v) is 6.55. The lowest BCUT2D eigenvalue weighted by molar-refractivity contribution is -0.120. The summed E-state index contributed by atoms with van der Waals surface area (Å²) in [7, 11) is 3.57. The van der Waals surface area contributed by atoms with Crippen molar-refractivity contribution in [2.24, 2.45) is 7.05 Å². The molecule has 2 heterocycles. The van der Waals surface area contributed by atoms with Gasteiger partial charge in [-0.25, -0.2) is 0 Å². The van der Waals surface area contributed by atoms with Gasteiger partial charge in [-0.3, -0.25) is 9.36 Å². The van der Waals surface area contributed by atoms with Gasteiger partial charge in [-0.05, 0) is 42.2 Å². The van der Waals surface area contributed by atoms with Crippen LogP contribution in [0.4, 0.5) is 0 Å². The Bertz CT molecular complexity index is 885. The van der Waals surface area contributed by atoms with Crippen molar-refractivity contribution < 1.29 is 9.53 Å². The van der Waals surface area contributed by atoms with E-state index >= 15 is 0 Å². The molecule has 1 aromatic carbocycles. The summed E-state index contributed by atoms with van der Waals surface area (Å²) in [6, 6.07) is 9.59. The van der Waals surface area contributed by atoms with Gasteiger partial charge in [0, 0.05) is 25.1 Å². The molecule has 0 unspecified atom stereocenters. The van der Waals surface area contributed by atoms with Gasteiger partial charge in [0.05, 0.1) is 20.1 Å². The minimum Gasteiger partial charge on any atom is -0.497 e. The SMILES string of the molecule is COc1ccc(-n2c(CNC(=O)Cc3ccn(C)c3)nnc2SC)cc1. The zero-order valence-corrected chi connectivity index (χ0v) is 15.8. The first kappa shape index (κ1) is 18.1. The van der Waals surface area contributed by atoms with Crippen molar-refractivity contribution >= 4 is 17.7 Å². The van der Waals surface area contributed by atoms with E-state index in [2.05, 4.69) is 15.5 Å². The molecule has 0 fully saturated rings. The number of benzene rings is 1. The number of carbonyl (C=O) groups excluding carboxylic acids is 1. The van der Waals surface area contributed by atoms with E-state index in [1.54, 1.807) is 7.11 Å². The standard InChI is InChI=1S/C18H21N5O2S/c1-22-9-8-13(12-22)10-17(24)19-11-16-20-21-18(26-3)23(16)14-4-6-15(25-2)7-5-14/h4-9,12H,10-11H2,1-3H3,(H,19,24). The number of nitrogens with one attached hydrogen (secondary N) is 1. The molecule has 0 aliphatic heterocycles. The Morgan fingerprint density at radius 2 is 2.00 bits per heavy atom. The van der Waals surface area contributed by atoms with Gasteiger partial charge in [0.2, 0.25) is 5.91 Å². The van der Waals surface area contributed by atoms with Crippen LogP contribution in [-0.2, 0) is 24.8 Å². The fraction of sp³-hybridized carbons (Fsp3) is 0.278. The van der Waals surface area contributed by atoms with Crippen LogP contribution in [0.25, 0.3) is 5.69 Å². The van der Waals surface area contributed by atoms with Crippen LogP contribution in [0.2, 0.25) is 0 Å². The van der Waals surface area contributed by atoms with Gasteiger partial charge in [0.25, 0.3) is 0 Å². The molecule has 3 rings (SSSR count). The van der Waals surface area contributed by atoms with Crippen molar-refractivity contribution in [3.05, 3.63) is 54.1 Å². The quantitative estimate of drug-likeness (QED) is 0.645. The van der Waals surface area contributed by atoms with Crippen LogP contribution in [-0.4, -0.2) is 38.6 Å². The highest BCUT2D eigenvalue weighted by molar-refractivity contribution is 7.98. The maximum atomic E-state index is 12.2. The molecule has 8 heteroatoms. The van der Waals surface area contributed by atoms with Crippen LogP contribution >= 0.6 is 11.8 Å². The highest BCUT2D eigenvalue weighted by Gasteiger charge is 2.14. The van der Waals surface area contributed by atoms with Crippen LogP contribution in [0.15, 0.2) is 47.9 Å². The second-order valence-electron chi connectivity index (χ2n) is 5.78. The number of hydrogen-bond acceptors (Lipinski definition) is 5. The van der Waals surface area contributed by atoms with Crippen LogP contribution in [0.3, 0.4) is 0 Å². The number of rotatable bonds is 7. The van der Waals surface area contributed by atoms with Gasteiger partial charge in [-0.1, -0.05) is 11.8 Å². The fourth-order valence-corrected chi connectivity index (χ4v) is 3.14. The van der Waals surface area contributed by atoms with E-state index in [-0.39, 0.29) is 5.91 Å². The molecule has 0 aliphatic carbocycles. The number of aryl methyl sites for hydroxylation is 1. The Labute approximate surface area is 156 Å². The van der Waals surface area contributed by atoms with E-state index in [1.165, 1.54) is 11.8 Å². The normalized spacial score (nSPS) is 10.7. The van der Waals surface area contributed by atoms with Crippen molar-refractivity contribution in [1.82, 2.24) is 24.6 Å². The first-order valence-electron chi connectivity index (χ1n) is 8.11. The van der Waals surface area contributed by atoms with Gasteiger partial charge >= 0.3 is 0 Å². The summed E-state index contributed by atoms with van der Waals surface area (Å²) in [6.07, 6.45) is 6.15. The van der Waals surface area contributed by atoms with E-state index in [1.807, 2.05) is 65.2 Å². The molecule has 1 N–H and O–H groups in total. The van der Waals surface area contributed by atoms with Crippen LogP contribution in [0, 0.1) is 0 Å². The first-order valence-corrected chi connectivity index (χ1v) is 9.33. The van der Waals surface area contributed by atoms with Gasteiger partial charge < -0.3 is 14.6 Å². The minimum atomic E-state index is -0.0498. The Morgan fingerprint density at radius 1 is 1.23 bits per heavy atom. The van der Waals surface area contributed by atoms with Crippen LogP contribution in [0.1, 0.15) is 11.4 Å². The van der Waals surface area contributed by atoms with Gasteiger partial charge in [0.15, 0.2) is 11.0 Å². The molecule has 7 nitrogen and oxygen atoms in total. The third-order valence-electron chi connectivity index (χ3n) is 3.92. The molecular weight excluding hydrogens is 350 g/mol. The largest absolute Gasteiger partial charge is 0.497 e. The average molecular weight is 371 g/mol. The minimum absolute atomic E-state index is 0.0498. The number of aromatic nitrogens is 4. The Hall–Kier alpha value is -2.74. The van der Waals surface area contributed by atoms with Crippen molar-refractivity contribution in [3.63, 3.8) is 0 Å². The van der Waals surface area contributed by atoms with E-state index in [4.69, 9.17) is 4.74 Å². The molecule has 0 aliphatic rings. The number of thioether (sulfide) groups is 1. The molecule has 136 valence electrons. The summed E-state index contributed by atoms with van der Waals surface area (Å²) in [6.45, 7) is 0.311. The molecule has 1 amide bonds. The zero-order valence-electron chi connectivity index (χ0n) is 15.0. The van der Waals surface area contributed by atoms with E-state index in [0.29, 0.717) is 18.8 Å². The number of nitrogens with zero attached hydrogens (tertiary/aromatic N) is 4. The highest BCUT2D eigenvalue weighted by Crippen LogP contribution is 2.22. The Morgan fingerprint density at radius 3 is 2.62 bits per heavy atom. The lowest BCUT2D eigenvalue weighted by Crippen LogP contribution is -2.26. The van der Waals surface area contributed by atoms with Crippen molar-refractivity contribution in [2.45, 2.75) is 18.1 Å². The van der Waals surface area contributed by atoms with Crippen LogP contribution < -0.4 is 10.1 Å². The molecule has 2 aromatic heterocycles. The smallest absolute Gasteiger partial charge is 0.224 e. The monoisotopic (exact) mass is 371 g/mol. The number of methoxy groups -OCH3 is 1. The van der Waals surface area contributed by atoms with Gasteiger partial charge in [0.1, 0.15) is 5.75 Å². The molecular formula is C18H21N5O2S. The molecule has 0 saturated carbocycles. The predicted molar refractivity (Wildman–Crippen MR) is 101 cm³/mol. The zero-order chi connectivity index (χ0) is 18.5. The Kier molecular flexibility index (Phi) is 5.62. The maximum absolute atomic E-state index is 12.2. The van der Waals surface area contributed by atoms with Crippen molar-refractivity contribution in [2.75, 3.05) is 13.4 Å². The number of ether oxygens (including phenoxy) is 1. The van der Waals surface area contributed by atoms with Gasteiger partial charge in [-0.2, -0.15) is 0 Å². The molecule has 0 saturated heterocycles. The van der Waals surface area contributed by atoms with E-state index in [0.717, 1.165) is 22.2 Å². The summed E-state index contributed by atoms with van der Waals surface area (Å²) in [5, 5.41) is 12.1. The Balaban J connectivity index is 1.73. The molecule has 0 spiro atoms. The van der Waals surface area contributed by atoms with Crippen LogP contribution in [0.5, 0.6) is 5.75 Å². The highest BCUT2D eigenvalue weighted by atomic mass is 32.2. The van der Waals surface area contributed by atoms with E-state index < -0.39 is 0 Å². The van der Waals surface area contributed by atoms with Crippen molar-refractivity contribution in [1.29, 1.82) is 0 Å². The van der Waals surface area contributed by atoms with Crippen molar-refractivity contribution in [3.8, 4) is 11.4 Å². The number of hydrogen-bond donors (Lipinski definition) is 1.